The lowest BCUT2D eigenvalue weighted by atomic mass is 10.2. The highest BCUT2D eigenvalue weighted by molar-refractivity contribution is 9.09. The van der Waals surface area contributed by atoms with Gasteiger partial charge in [-0.2, -0.15) is 0 Å². The van der Waals surface area contributed by atoms with Crippen LogP contribution in [0.25, 0.3) is 0 Å². The minimum absolute atomic E-state index is 0.0997. The molecule has 0 atom stereocenters. The SMILES string of the molecule is O=C(CCBr)Nc1cc(F)c(F)c(F)c1. The second-order valence-corrected chi connectivity index (χ2v) is 3.53. The van der Waals surface area contributed by atoms with Gasteiger partial charge in [0.1, 0.15) is 0 Å². The smallest absolute Gasteiger partial charge is 0.225 e. The predicted octanol–water partition coefficient (Wildman–Crippen LogP) is 2.83. The fraction of sp³-hybridized carbons (Fsp3) is 0.222. The van der Waals surface area contributed by atoms with Gasteiger partial charge in [0, 0.05) is 29.6 Å². The van der Waals surface area contributed by atoms with E-state index in [1.54, 1.807) is 0 Å². The van der Waals surface area contributed by atoms with Gasteiger partial charge in [0.15, 0.2) is 17.5 Å². The van der Waals surface area contributed by atoms with Crippen molar-refractivity contribution in [2.24, 2.45) is 0 Å². The van der Waals surface area contributed by atoms with Gasteiger partial charge in [-0.3, -0.25) is 4.79 Å². The van der Waals surface area contributed by atoms with Gasteiger partial charge in [-0.15, -0.1) is 0 Å². The topological polar surface area (TPSA) is 29.1 Å². The summed E-state index contributed by atoms with van der Waals surface area (Å²) in [6.07, 6.45) is 0.167. The first-order valence-corrected chi connectivity index (χ1v) is 5.17. The Balaban J connectivity index is 2.83. The molecule has 0 fully saturated rings. The highest BCUT2D eigenvalue weighted by Crippen LogP contribution is 2.17. The summed E-state index contributed by atoms with van der Waals surface area (Å²) in [5.41, 5.74) is -0.0997. The summed E-state index contributed by atoms with van der Waals surface area (Å²) in [5, 5.41) is 2.67. The molecule has 15 heavy (non-hydrogen) atoms. The lowest BCUT2D eigenvalue weighted by Crippen LogP contribution is -2.12. The van der Waals surface area contributed by atoms with Gasteiger partial charge in [-0.1, -0.05) is 15.9 Å². The number of anilines is 1. The van der Waals surface area contributed by atoms with Gasteiger partial charge in [-0.05, 0) is 0 Å². The van der Waals surface area contributed by atoms with Crippen LogP contribution in [0.3, 0.4) is 0 Å². The van der Waals surface area contributed by atoms with Crippen LogP contribution in [-0.2, 0) is 4.79 Å². The van der Waals surface area contributed by atoms with E-state index >= 15 is 0 Å². The second kappa shape index (κ2) is 5.16. The number of carbonyl (C=O) groups excluding carboxylic acids is 1. The summed E-state index contributed by atoms with van der Waals surface area (Å²) in [7, 11) is 0. The molecule has 0 bridgehead atoms. The van der Waals surface area contributed by atoms with Gasteiger partial charge < -0.3 is 5.32 Å². The summed E-state index contributed by atoms with van der Waals surface area (Å²) in [6.45, 7) is 0. The summed E-state index contributed by atoms with van der Waals surface area (Å²) >= 11 is 3.03. The van der Waals surface area contributed by atoms with Crippen LogP contribution < -0.4 is 5.32 Å². The van der Waals surface area contributed by atoms with Crippen molar-refractivity contribution in [2.75, 3.05) is 10.6 Å². The number of carbonyl (C=O) groups is 1. The molecule has 0 unspecified atom stereocenters. The van der Waals surface area contributed by atoms with Crippen molar-refractivity contribution in [1.29, 1.82) is 0 Å². The lowest BCUT2D eigenvalue weighted by molar-refractivity contribution is -0.115. The van der Waals surface area contributed by atoms with E-state index < -0.39 is 23.4 Å². The van der Waals surface area contributed by atoms with Crippen LogP contribution in [0.2, 0.25) is 0 Å². The number of hydrogen-bond acceptors (Lipinski definition) is 1. The molecule has 0 saturated carbocycles. The molecule has 2 nitrogen and oxygen atoms in total. The minimum atomic E-state index is -1.55. The molecule has 1 aromatic rings. The van der Waals surface area contributed by atoms with Crippen molar-refractivity contribution in [2.45, 2.75) is 6.42 Å². The molecule has 1 aromatic carbocycles. The molecule has 0 spiro atoms. The van der Waals surface area contributed by atoms with E-state index in [4.69, 9.17) is 0 Å². The zero-order valence-electron chi connectivity index (χ0n) is 7.49. The third-order valence-electron chi connectivity index (χ3n) is 1.59. The maximum Gasteiger partial charge on any atom is 0.225 e. The van der Waals surface area contributed by atoms with Crippen molar-refractivity contribution >= 4 is 27.5 Å². The van der Waals surface area contributed by atoms with Crippen LogP contribution in [0.4, 0.5) is 18.9 Å². The molecule has 0 aromatic heterocycles. The quantitative estimate of drug-likeness (QED) is 0.670. The predicted molar refractivity (Wildman–Crippen MR) is 53.4 cm³/mol. The molecule has 0 heterocycles. The van der Waals surface area contributed by atoms with Gasteiger partial charge in [0.2, 0.25) is 5.91 Å². The van der Waals surface area contributed by atoms with E-state index in [2.05, 4.69) is 21.2 Å². The summed E-state index contributed by atoms with van der Waals surface area (Å²) in [4.78, 5) is 11.0. The van der Waals surface area contributed by atoms with Gasteiger partial charge >= 0.3 is 0 Å². The number of halogens is 4. The largest absolute Gasteiger partial charge is 0.326 e. The number of rotatable bonds is 3. The summed E-state index contributed by atoms with van der Waals surface area (Å²) in [6, 6.07) is 1.45. The standard InChI is InChI=1S/C9H7BrF3NO/c10-2-1-8(15)14-5-3-6(11)9(13)7(12)4-5/h3-4H,1-2H2,(H,14,15). The van der Waals surface area contributed by atoms with Crippen LogP contribution in [0.15, 0.2) is 12.1 Å². The van der Waals surface area contributed by atoms with Crippen LogP contribution in [0, 0.1) is 17.5 Å². The first-order chi connectivity index (χ1) is 7.04. The Morgan fingerprint density at radius 3 is 2.27 bits per heavy atom. The number of hydrogen-bond donors (Lipinski definition) is 1. The normalized spacial score (nSPS) is 10.1. The molecule has 1 amide bonds. The van der Waals surface area contributed by atoms with Crippen LogP contribution in [0.1, 0.15) is 6.42 Å². The Morgan fingerprint density at radius 2 is 1.80 bits per heavy atom. The molecule has 6 heteroatoms. The second-order valence-electron chi connectivity index (χ2n) is 2.74. The van der Waals surface area contributed by atoms with Crippen molar-refractivity contribution < 1.29 is 18.0 Å². The third-order valence-corrected chi connectivity index (χ3v) is 1.99. The van der Waals surface area contributed by atoms with Gasteiger partial charge in [-0.25, -0.2) is 13.2 Å². The first-order valence-electron chi connectivity index (χ1n) is 4.05. The first kappa shape index (κ1) is 12.0. The minimum Gasteiger partial charge on any atom is -0.326 e. The molecule has 1 rings (SSSR count). The molecule has 0 radical (unpaired) electrons. The van der Waals surface area contributed by atoms with Crippen LogP contribution in [-0.4, -0.2) is 11.2 Å². The fourth-order valence-electron chi connectivity index (χ4n) is 0.937. The Bertz CT molecular complexity index is 361. The van der Waals surface area contributed by atoms with Gasteiger partial charge in [0.05, 0.1) is 0 Å². The Hall–Kier alpha value is -1.04. The summed E-state index contributed by atoms with van der Waals surface area (Å²) in [5.74, 6) is -4.61. The van der Waals surface area contributed by atoms with Crippen molar-refractivity contribution in [3.63, 3.8) is 0 Å². The molecule has 0 aliphatic heterocycles. The van der Waals surface area contributed by atoms with E-state index in [-0.39, 0.29) is 12.1 Å². The monoisotopic (exact) mass is 281 g/mol. The van der Waals surface area contributed by atoms with Crippen LogP contribution >= 0.6 is 15.9 Å². The lowest BCUT2D eigenvalue weighted by Gasteiger charge is -2.04. The Kier molecular flexibility index (Phi) is 4.14. The number of alkyl halides is 1. The maximum atomic E-state index is 12.7. The van der Waals surface area contributed by atoms with Crippen molar-refractivity contribution in [3.05, 3.63) is 29.6 Å². The molecule has 0 saturated heterocycles. The molecular formula is C9H7BrF3NO. The number of amides is 1. The summed E-state index contributed by atoms with van der Waals surface area (Å²) < 4.78 is 37.9. The average molecular weight is 282 g/mol. The van der Waals surface area contributed by atoms with Crippen LogP contribution in [0.5, 0.6) is 0 Å². The van der Waals surface area contributed by atoms with E-state index in [0.717, 1.165) is 12.1 Å². The Labute approximate surface area is 92.6 Å². The zero-order chi connectivity index (χ0) is 11.4. The zero-order valence-corrected chi connectivity index (χ0v) is 9.08. The molecule has 0 aliphatic carbocycles. The molecule has 0 aliphatic rings. The highest BCUT2D eigenvalue weighted by atomic mass is 79.9. The Morgan fingerprint density at radius 1 is 1.27 bits per heavy atom. The van der Waals surface area contributed by atoms with E-state index in [1.165, 1.54) is 0 Å². The number of benzene rings is 1. The molecular weight excluding hydrogens is 275 g/mol. The number of nitrogens with one attached hydrogen (secondary N) is 1. The van der Waals surface area contributed by atoms with Crippen molar-refractivity contribution in [1.82, 2.24) is 0 Å². The fourth-order valence-corrected chi connectivity index (χ4v) is 1.30. The van der Waals surface area contributed by atoms with Crippen molar-refractivity contribution in [3.8, 4) is 0 Å². The average Bonchev–Trinajstić information content (AvgIpc) is 2.14. The molecule has 1 N–H and O–H groups in total. The van der Waals surface area contributed by atoms with E-state index in [9.17, 15) is 18.0 Å². The molecule has 82 valence electrons. The highest BCUT2D eigenvalue weighted by Gasteiger charge is 2.11. The van der Waals surface area contributed by atoms with E-state index in [1.807, 2.05) is 0 Å². The third kappa shape index (κ3) is 3.23. The van der Waals surface area contributed by atoms with Gasteiger partial charge in [0.25, 0.3) is 0 Å². The van der Waals surface area contributed by atoms with E-state index in [0.29, 0.717) is 5.33 Å². The maximum absolute atomic E-state index is 12.7.